The molecule has 2 aromatic heterocycles. The van der Waals surface area contributed by atoms with Gasteiger partial charge in [0.15, 0.2) is 0 Å². The topological polar surface area (TPSA) is 73.4 Å². The van der Waals surface area contributed by atoms with Crippen LogP contribution in [0, 0.1) is 13.8 Å². The number of pyridine rings is 2. The molecule has 2 aliphatic heterocycles. The zero-order chi connectivity index (χ0) is 32.0. The highest BCUT2D eigenvalue weighted by atomic mass is 35.5. The molecule has 2 N–H and O–H groups in total. The average molecular weight is 635 g/mol. The number of carbonyl (C=O) groups excluding carboxylic acids is 1. The maximum absolute atomic E-state index is 13.1. The van der Waals surface area contributed by atoms with Crippen molar-refractivity contribution in [3.8, 4) is 11.1 Å². The van der Waals surface area contributed by atoms with E-state index in [1.807, 2.05) is 48.7 Å². The number of nitrogens with zero attached hydrogens (tertiary/aromatic N) is 4. The molecule has 1 amide bonds. The fraction of sp³-hybridized carbons (Fsp3) is 0.342. The van der Waals surface area contributed by atoms with Gasteiger partial charge in [0.2, 0.25) is 0 Å². The molecular weight excluding hydrogens is 592 g/mol. The fourth-order valence-corrected chi connectivity index (χ4v) is 6.71. The maximum atomic E-state index is 13.1. The molecule has 0 atom stereocenters. The van der Waals surface area contributed by atoms with Crippen LogP contribution < -0.4 is 10.6 Å². The Balaban J connectivity index is 1.14. The van der Waals surface area contributed by atoms with Crippen molar-refractivity contribution in [3.05, 3.63) is 112 Å². The first-order valence-electron chi connectivity index (χ1n) is 16.4. The first-order chi connectivity index (χ1) is 22.4. The molecule has 0 spiro atoms. The van der Waals surface area contributed by atoms with Crippen LogP contribution in [0.25, 0.3) is 16.8 Å². The lowest BCUT2D eigenvalue weighted by molar-refractivity contribution is 0.102. The lowest BCUT2D eigenvalue weighted by Crippen LogP contribution is -2.29. The van der Waals surface area contributed by atoms with E-state index in [1.54, 1.807) is 12.3 Å². The Bertz CT molecular complexity index is 1710. The number of aromatic nitrogens is 2. The van der Waals surface area contributed by atoms with Gasteiger partial charge in [0.05, 0.1) is 22.1 Å². The molecule has 4 heterocycles. The maximum Gasteiger partial charge on any atom is 0.274 e. The summed E-state index contributed by atoms with van der Waals surface area (Å²) in [7, 11) is 0. The summed E-state index contributed by atoms with van der Waals surface area (Å²) >= 11 is 6.93. The van der Waals surface area contributed by atoms with Crippen molar-refractivity contribution in [1.82, 2.24) is 19.8 Å². The third-order valence-electron chi connectivity index (χ3n) is 9.19. The van der Waals surface area contributed by atoms with Crippen LogP contribution in [0.15, 0.2) is 73.6 Å². The van der Waals surface area contributed by atoms with Crippen molar-refractivity contribution in [1.29, 1.82) is 0 Å². The number of anilines is 2. The van der Waals surface area contributed by atoms with E-state index in [-0.39, 0.29) is 5.91 Å². The molecule has 2 fully saturated rings. The van der Waals surface area contributed by atoms with Gasteiger partial charge in [-0.1, -0.05) is 54.9 Å². The minimum Gasteiger partial charge on any atom is -0.354 e. The minimum atomic E-state index is -0.292. The third-order valence-corrected chi connectivity index (χ3v) is 9.60. The van der Waals surface area contributed by atoms with Gasteiger partial charge in [0.25, 0.3) is 5.91 Å². The molecular formula is C38H43ClN6O. The second-order valence-electron chi connectivity index (χ2n) is 12.6. The van der Waals surface area contributed by atoms with Gasteiger partial charge in [-0.2, -0.15) is 0 Å². The summed E-state index contributed by atoms with van der Waals surface area (Å²) in [5.74, 6) is -0.292. The molecule has 7 nitrogen and oxygen atoms in total. The SMILES string of the molecule is C=C(Nc1cccc(-c2cccc(NC(=O)c3ccc(CN4CCCC4)cn3)c2Cl)c1C)c1cc(C)c(CN2CCCCC2)cn1. The first kappa shape index (κ1) is 31.9. The molecule has 0 saturated carbocycles. The Hall–Kier alpha value is -4.04. The molecule has 2 aromatic carbocycles. The van der Waals surface area contributed by atoms with Crippen LogP contribution in [0.1, 0.15) is 70.5 Å². The summed E-state index contributed by atoms with van der Waals surface area (Å²) in [6, 6.07) is 17.6. The molecule has 0 bridgehead atoms. The molecule has 2 saturated heterocycles. The number of amides is 1. The van der Waals surface area contributed by atoms with Gasteiger partial charge in [-0.25, -0.2) is 0 Å². The van der Waals surface area contributed by atoms with E-state index in [0.29, 0.717) is 16.4 Å². The van der Waals surface area contributed by atoms with Crippen LogP contribution in [0.4, 0.5) is 11.4 Å². The zero-order valence-electron chi connectivity index (χ0n) is 26.9. The Morgan fingerprint density at radius 3 is 2.13 bits per heavy atom. The van der Waals surface area contributed by atoms with Crippen molar-refractivity contribution in [2.45, 2.75) is 59.0 Å². The van der Waals surface area contributed by atoms with Crippen LogP contribution in [-0.2, 0) is 13.1 Å². The Morgan fingerprint density at radius 1 is 0.783 bits per heavy atom. The van der Waals surface area contributed by atoms with Crippen molar-refractivity contribution < 1.29 is 4.79 Å². The summed E-state index contributed by atoms with van der Waals surface area (Å²) in [6.45, 7) is 14.9. The Kier molecular flexibility index (Phi) is 10.1. The smallest absolute Gasteiger partial charge is 0.274 e. The number of hydrogen-bond donors (Lipinski definition) is 2. The van der Waals surface area contributed by atoms with Crippen molar-refractivity contribution in [3.63, 3.8) is 0 Å². The van der Waals surface area contributed by atoms with Crippen LogP contribution in [0.3, 0.4) is 0 Å². The number of nitrogens with one attached hydrogen (secondary N) is 2. The third kappa shape index (κ3) is 7.49. The van der Waals surface area contributed by atoms with Crippen LogP contribution in [0.5, 0.6) is 0 Å². The number of benzene rings is 2. The fourth-order valence-electron chi connectivity index (χ4n) is 6.44. The lowest BCUT2D eigenvalue weighted by Gasteiger charge is -2.27. The van der Waals surface area contributed by atoms with Crippen LogP contribution >= 0.6 is 11.6 Å². The summed E-state index contributed by atoms with van der Waals surface area (Å²) < 4.78 is 0. The number of piperidine rings is 1. The second kappa shape index (κ2) is 14.6. The van der Waals surface area contributed by atoms with Gasteiger partial charge in [0, 0.05) is 36.7 Å². The number of aryl methyl sites for hydroxylation is 1. The van der Waals surface area contributed by atoms with Gasteiger partial charge in [-0.05, 0) is 118 Å². The highest BCUT2D eigenvalue weighted by Gasteiger charge is 2.18. The molecule has 0 radical (unpaired) electrons. The summed E-state index contributed by atoms with van der Waals surface area (Å²) in [5.41, 5.74) is 9.79. The standard InChI is InChI=1S/C38H43ClN6O/c1-26-21-36(41-23-30(26)25-45-17-5-4-6-18-45)28(3)42-33-13-9-11-31(27(33)2)32-12-10-14-34(37(32)39)43-38(46)35-16-15-29(22-40-35)24-44-19-7-8-20-44/h9-16,21-23,42H,3-8,17-20,24-25H2,1-2H3,(H,43,46). The molecule has 4 aromatic rings. The van der Waals surface area contributed by atoms with Gasteiger partial charge in [0.1, 0.15) is 5.69 Å². The van der Waals surface area contributed by atoms with Crippen LogP contribution in [0.2, 0.25) is 5.02 Å². The number of carbonyl (C=O) groups is 1. The van der Waals surface area contributed by atoms with E-state index in [4.69, 9.17) is 16.6 Å². The normalized spacial score (nSPS) is 15.5. The van der Waals surface area contributed by atoms with E-state index in [1.165, 1.54) is 43.2 Å². The zero-order valence-corrected chi connectivity index (χ0v) is 27.7. The molecule has 0 unspecified atom stereocenters. The minimum absolute atomic E-state index is 0.292. The summed E-state index contributed by atoms with van der Waals surface area (Å²) in [5, 5.41) is 6.93. The Morgan fingerprint density at radius 2 is 1.43 bits per heavy atom. The van der Waals surface area contributed by atoms with E-state index in [2.05, 4.69) is 51.9 Å². The summed E-state index contributed by atoms with van der Waals surface area (Å²) in [6.07, 6.45) is 10.2. The monoisotopic (exact) mass is 634 g/mol. The number of halogens is 1. The highest BCUT2D eigenvalue weighted by Crippen LogP contribution is 2.38. The predicted molar refractivity (Wildman–Crippen MR) is 189 cm³/mol. The van der Waals surface area contributed by atoms with Crippen LogP contribution in [-0.4, -0.2) is 51.9 Å². The van der Waals surface area contributed by atoms with Gasteiger partial charge in [-0.15, -0.1) is 0 Å². The van der Waals surface area contributed by atoms with E-state index < -0.39 is 0 Å². The van der Waals surface area contributed by atoms with Crippen molar-refractivity contribution in [2.24, 2.45) is 0 Å². The molecule has 46 heavy (non-hydrogen) atoms. The quantitative estimate of drug-likeness (QED) is 0.183. The Labute approximate surface area is 277 Å². The van der Waals surface area contributed by atoms with Gasteiger partial charge in [-0.3, -0.25) is 24.6 Å². The predicted octanol–water partition coefficient (Wildman–Crippen LogP) is 8.33. The van der Waals surface area contributed by atoms with E-state index >= 15 is 0 Å². The second-order valence-corrected chi connectivity index (χ2v) is 12.9. The molecule has 2 aliphatic rings. The summed E-state index contributed by atoms with van der Waals surface area (Å²) in [4.78, 5) is 27.2. The molecule has 6 rings (SSSR count). The highest BCUT2D eigenvalue weighted by molar-refractivity contribution is 6.36. The molecule has 8 heteroatoms. The van der Waals surface area contributed by atoms with Crippen molar-refractivity contribution in [2.75, 3.05) is 36.8 Å². The largest absolute Gasteiger partial charge is 0.354 e. The van der Waals surface area contributed by atoms with Crippen molar-refractivity contribution >= 4 is 34.6 Å². The number of likely N-dealkylation sites (tertiary alicyclic amines) is 2. The molecule has 238 valence electrons. The number of hydrogen-bond acceptors (Lipinski definition) is 6. The lowest BCUT2D eigenvalue weighted by atomic mass is 9.98. The van der Waals surface area contributed by atoms with Gasteiger partial charge >= 0.3 is 0 Å². The first-order valence-corrected chi connectivity index (χ1v) is 16.7. The average Bonchev–Trinajstić information content (AvgIpc) is 3.58. The van der Waals surface area contributed by atoms with E-state index in [0.717, 1.165) is 78.6 Å². The van der Waals surface area contributed by atoms with Gasteiger partial charge < -0.3 is 10.6 Å². The number of rotatable bonds is 10. The molecule has 0 aliphatic carbocycles. The van der Waals surface area contributed by atoms with E-state index in [9.17, 15) is 4.79 Å².